The molecule has 0 saturated heterocycles. The Kier molecular flexibility index (Phi) is 4.58. The van der Waals surface area contributed by atoms with Gasteiger partial charge in [0.1, 0.15) is 5.52 Å². The van der Waals surface area contributed by atoms with Gasteiger partial charge in [-0.25, -0.2) is 4.52 Å². The Morgan fingerprint density at radius 2 is 1.96 bits per heavy atom. The molecule has 2 aliphatic carbocycles. The zero-order chi connectivity index (χ0) is 17.6. The van der Waals surface area contributed by atoms with Gasteiger partial charge in [-0.1, -0.05) is 12.8 Å². The normalized spacial score (nSPS) is 30.4. The van der Waals surface area contributed by atoms with Crippen LogP contribution in [0.1, 0.15) is 43.7 Å². The molecule has 4 N–H and O–H groups in total. The molecule has 2 aromatic heterocycles. The molecular formula is C17H23ClN4O3. The molecule has 8 heteroatoms. The molecule has 4 rings (SSSR count). The zero-order valence-electron chi connectivity index (χ0n) is 13.8. The quantitative estimate of drug-likeness (QED) is 0.654. The van der Waals surface area contributed by atoms with Crippen molar-refractivity contribution in [2.75, 3.05) is 11.9 Å². The van der Waals surface area contributed by atoms with E-state index in [0.717, 1.165) is 24.1 Å². The molecule has 2 aromatic rings. The second kappa shape index (κ2) is 6.72. The first-order valence-corrected chi connectivity index (χ1v) is 9.25. The molecule has 25 heavy (non-hydrogen) atoms. The highest BCUT2D eigenvalue weighted by Gasteiger charge is 2.43. The Bertz CT molecular complexity index is 762. The maximum absolute atomic E-state index is 10.4. The first-order valence-electron chi connectivity index (χ1n) is 8.87. The maximum Gasteiger partial charge on any atom is 0.243 e. The lowest BCUT2D eigenvalue weighted by atomic mass is 10.0. The van der Waals surface area contributed by atoms with Gasteiger partial charge in [0, 0.05) is 30.2 Å². The van der Waals surface area contributed by atoms with Crippen LogP contribution in [0.3, 0.4) is 0 Å². The monoisotopic (exact) mass is 366 g/mol. The Balaban J connectivity index is 1.70. The summed E-state index contributed by atoms with van der Waals surface area (Å²) in [6.45, 7) is -0.151. The van der Waals surface area contributed by atoms with E-state index in [9.17, 15) is 15.3 Å². The largest absolute Gasteiger partial charge is 0.396 e. The number of nitrogens with one attached hydrogen (secondary N) is 1. The summed E-state index contributed by atoms with van der Waals surface area (Å²) in [5.74, 6) is 0.0591. The topological polar surface area (TPSA) is 103 Å². The average Bonchev–Trinajstić information content (AvgIpc) is 3.29. The maximum atomic E-state index is 10.4. The predicted octanol–water partition coefficient (Wildman–Crippen LogP) is 1.55. The molecule has 7 nitrogen and oxygen atoms in total. The summed E-state index contributed by atoms with van der Waals surface area (Å²) in [5.41, 5.74) is 1.58. The summed E-state index contributed by atoms with van der Waals surface area (Å²) >= 11 is 6.13. The van der Waals surface area contributed by atoms with Crippen molar-refractivity contribution in [2.24, 2.45) is 5.92 Å². The van der Waals surface area contributed by atoms with Gasteiger partial charge in [-0.05, 0) is 43.0 Å². The number of aliphatic hydroxyl groups is 3. The van der Waals surface area contributed by atoms with Crippen LogP contribution in [0.15, 0.2) is 12.1 Å². The molecule has 136 valence electrons. The lowest BCUT2D eigenvalue weighted by molar-refractivity contribution is 0.00190. The van der Waals surface area contributed by atoms with Crippen LogP contribution in [0.4, 0.5) is 5.82 Å². The number of fused-ring (bicyclic) bond motifs is 1. The van der Waals surface area contributed by atoms with Crippen LogP contribution in [-0.4, -0.2) is 54.8 Å². The molecule has 4 atom stereocenters. The predicted molar refractivity (Wildman–Crippen MR) is 93.8 cm³/mol. The van der Waals surface area contributed by atoms with Gasteiger partial charge in [0.2, 0.25) is 5.28 Å². The van der Waals surface area contributed by atoms with E-state index < -0.39 is 12.2 Å². The molecule has 0 spiro atoms. The van der Waals surface area contributed by atoms with E-state index in [0.29, 0.717) is 18.3 Å². The summed E-state index contributed by atoms with van der Waals surface area (Å²) in [4.78, 5) is 4.34. The second-order valence-electron chi connectivity index (χ2n) is 7.18. The first kappa shape index (κ1) is 17.0. The molecule has 0 unspecified atom stereocenters. The van der Waals surface area contributed by atoms with E-state index in [1.807, 2.05) is 12.1 Å². The number of hydrogen-bond donors (Lipinski definition) is 4. The smallest absolute Gasteiger partial charge is 0.243 e. The SMILES string of the molecule is OC[C@H]1C[C@@H](c2ccc3c(NC4CCCC4)nc(Cl)nn23)[C@H](O)[C@@H]1O. The van der Waals surface area contributed by atoms with Crippen molar-refractivity contribution in [1.29, 1.82) is 0 Å². The number of hydrogen-bond acceptors (Lipinski definition) is 6. The molecule has 0 aliphatic heterocycles. The van der Waals surface area contributed by atoms with Gasteiger partial charge in [0.15, 0.2) is 5.82 Å². The van der Waals surface area contributed by atoms with E-state index in [4.69, 9.17) is 11.6 Å². The third-order valence-corrected chi connectivity index (χ3v) is 5.79. The van der Waals surface area contributed by atoms with Gasteiger partial charge in [0.25, 0.3) is 0 Å². The molecule has 2 aliphatic rings. The molecule has 2 saturated carbocycles. The zero-order valence-corrected chi connectivity index (χ0v) is 14.6. The van der Waals surface area contributed by atoms with Gasteiger partial charge in [0.05, 0.1) is 12.2 Å². The summed E-state index contributed by atoms with van der Waals surface area (Å²) in [6.07, 6.45) is 3.30. The molecule has 2 fully saturated rings. The van der Waals surface area contributed by atoms with Crippen LogP contribution in [0, 0.1) is 5.92 Å². The molecule has 0 radical (unpaired) electrons. The highest BCUT2D eigenvalue weighted by atomic mass is 35.5. The number of aromatic nitrogens is 3. The van der Waals surface area contributed by atoms with Crippen LogP contribution < -0.4 is 5.32 Å². The van der Waals surface area contributed by atoms with Crippen molar-refractivity contribution in [2.45, 2.75) is 56.3 Å². The van der Waals surface area contributed by atoms with E-state index >= 15 is 0 Å². The minimum atomic E-state index is -0.936. The van der Waals surface area contributed by atoms with E-state index in [1.165, 1.54) is 12.8 Å². The molecule has 0 aromatic carbocycles. The van der Waals surface area contributed by atoms with E-state index in [2.05, 4.69) is 15.4 Å². The molecular weight excluding hydrogens is 344 g/mol. The fourth-order valence-corrected chi connectivity index (χ4v) is 4.40. The third kappa shape index (κ3) is 2.99. The third-order valence-electron chi connectivity index (χ3n) is 5.63. The van der Waals surface area contributed by atoms with Gasteiger partial charge in [-0.2, -0.15) is 4.98 Å². The van der Waals surface area contributed by atoms with Crippen molar-refractivity contribution in [3.63, 3.8) is 0 Å². The van der Waals surface area contributed by atoms with Crippen molar-refractivity contribution in [3.8, 4) is 0 Å². The minimum Gasteiger partial charge on any atom is -0.396 e. The van der Waals surface area contributed by atoms with Crippen molar-refractivity contribution >= 4 is 22.9 Å². The van der Waals surface area contributed by atoms with E-state index in [1.54, 1.807) is 4.52 Å². The van der Waals surface area contributed by atoms with Crippen LogP contribution in [0.5, 0.6) is 0 Å². The molecule has 2 heterocycles. The van der Waals surface area contributed by atoms with Gasteiger partial charge < -0.3 is 20.6 Å². The van der Waals surface area contributed by atoms with Gasteiger partial charge >= 0.3 is 0 Å². The van der Waals surface area contributed by atoms with Crippen LogP contribution >= 0.6 is 11.6 Å². The van der Waals surface area contributed by atoms with Crippen molar-refractivity contribution in [1.82, 2.24) is 14.6 Å². The minimum absolute atomic E-state index is 0.136. The summed E-state index contributed by atoms with van der Waals surface area (Å²) < 4.78 is 1.70. The Morgan fingerprint density at radius 3 is 2.64 bits per heavy atom. The number of anilines is 1. The summed E-state index contributed by atoms with van der Waals surface area (Å²) in [6, 6.07) is 4.19. The average molecular weight is 367 g/mol. The number of aliphatic hydroxyl groups excluding tert-OH is 3. The highest BCUT2D eigenvalue weighted by Crippen LogP contribution is 2.39. The Hall–Kier alpha value is -1.41. The first-order chi connectivity index (χ1) is 12.1. The lowest BCUT2D eigenvalue weighted by Crippen LogP contribution is -2.29. The number of halogens is 1. The number of rotatable bonds is 4. The van der Waals surface area contributed by atoms with Crippen molar-refractivity contribution in [3.05, 3.63) is 23.1 Å². The molecule has 0 bridgehead atoms. The fraction of sp³-hybridized carbons (Fsp3) is 0.647. The number of nitrogens with zero attached hydrogens (tertiary/aromatic N) is 3. The van der Waals surface area contributed by atoms with Crippen LogP contribution in [-0.2, 0) is 0 Å². The van der Waals surface area contributed by atoms with Crippen LogP contribution in [0.2, 0.25) is 5.28 Å². The molecule has 0 amide bonds. The highest BCUT2D eigenvalue weighted by molar-refractivity contribution is 6.28. The Labute approximate surface area is 150 Å². The van der Waals surface area contributed by atoms with Gasteiger partial charge in [-0.15, -0.1) is 5.10 Å². The lowest BCUT2D eigenvalue weighted by Gasteiger charge is -2.17. The summed E-state index contributed by atoms with van der Waals surface area (Å²) in [7, 11) is 0. The summed E-state index contributed by atoms with van der Waals surface area (Å²) in [5, 5.41) is 37.8. The van der Waals surface area contributed by atoms with Crippen molar-refractivity contribution < 1.29 is 15.3 Å². The Morgan fingerprint density at radius 1 is 1.20 bits per heavy atom. The van der Waals surface area contributed by atoms with Crippen LogP contribution in [0.25, 0.3) is 5.52 Å². The second-order valence-corrected chi connectivity index (χ2v) is 7.51. The van der Waals surface area contributed by atoms with E-state index in [-0.39, 0.29) is 23.7 Å². The fourth-order valence-electron chi connectivity index (χ4n) is 4.24. The standard InChI is InChI=1S/C17H23ClN4O3/c18-17-20-16(19-10-3-1-2-4-10)13-6-5-12(22(13)21-17)11-7-9(8-23)14(24)15(11)25/h5-6,9-11,14-15,23-25H,1-4,7-8H2,(H,19,20,21)/t9-,11+,14-,15+/m1/s1. The van der Waals surface area contributed by atoms with Gasteiger partial charge in [-0.3, -0.25) is 0 Å².